The van der Waals surface area contributed by atoms with Gasteiger partial charge in [0.1, 0.15) is 0 Å². The fourth-order valence-electron chi connectivity index (χ4n) is 2.16. The second-order valence-corrected chi connectivity index (χ2v) is 4.85. The molecule has 84 valence electrons. The van der Waals surface area contributed by atoms with Crippen LogP contribution in [0.1, 0.15) is 65.2 Å². The maximum atomic E-state index is 3.66. The third kappa shape index (κ3) is 4.45. The molecule has 1 atom stereocenters. The molecule has 0 heterocycles. The largest absolute Gasteiger partial charge is 0.314 e. The van der Waals surface area contributed by atoms with Crippen LogP contribution in [0.25, 0.3) is 0 Å². The predicted octanol–water partition coefficient (Wildman–Crippen LogP) is 3.74. The second-order valence-electron chi connectivity index (χ2n) is 4.85. The van der Waals surface area contributed by atoms with Crippen molar-refractivity contribution in [2.45, 2.75) is 71.3 Å². The fraction of sp³-hybridized carbons (Fsp3) is 1.00. The van der Waals surface area contributed by atoms with E-state index in [2.05, 4.69) is 19.2 Å². The summed E-state index contributed by atoms with van der Waals surface area (Å²) in [5, 5.41) is 3.66. The number of hydrogen-bond donors (Lipinski definition) is 1. The van der Waals surface area contributed by atoms with Crippen LogP contribution in [0.15, 0.2) is 0 Å². The van der Waals surface area contributed by atoms with Gasteiger partial charge >= 0.3 is 0 Å². The van der Waals surface area contributed by atoms with Crippen molar-refractivity contribution < 1.29 is 0 Å². The van der Waals surface area contributed by atoms with E-state index in [0.29, 0.717) is 0 Å². The highest BCUT2D eigenvalue weighted by atomic mass is 14.9. The van der Waals surface area contributed by atoms with Gasteiger partial charge in [-0.15, -0.1) is 0 Å². The van der Waals surface area contributed by atoms with E-state index in [0.717, 1.165) is 12.0 Å². The third-order valence-electron chi connectivity index (χ3n) is 3.60. The Hall–Kier alpha value is -0.0400. The molecular weight excluding hydrogens is 170 g/mol. The summed E-state index contributed by atoms with van der Waals surface area (Å²) in [5.74, 6) is 0.991. The fourth-order valence-corrected chi connectivity index (χ4v) is 2.16. The minimum absolute atomic E-state index is 0.773. The van der Waals surface area contributed by atoms with Crippen LogP contribution < -0.4 is 5.32 Å². The molecule has 1 nitrogen and oxygen atoms in total. The maximum Gasteiger partial charge on any atom is 0.00669 e. The molecule has 1 aliphatic carbocycles. The number of rotatable bonds is 8. The van der Waals surface area contributed by atoms with E-state index < -0.39 is 0 Å². The Kier molecular flexibility index (Phi) is 6.25. The van der Waals surface area contributed by atoms with Gasteiger partial charge in [0.2, 0.25) is 0 Å². The first-order chi connectivity index (χ1) is 6.84. The quantitative estimate of drug-likeness (QED) is 0.585. The number of unbranched alkanes of at least 4 members (excludes halogenated alkanes) is 4. The van der Waals surface area contributed by atoms with E-state index in [1.165, 1.54) is 57.9 Å². The summed E-state index contributed by atoms with van der Waals surface area (Å²) in [7, 11) is 0. The van der Waals surface area contributed by atoms with Crippen LogP contribution in [-0.4, -0.2) is 12.6 Å². The van der Waals surface area contributed by atoms with Crippen LogP contribution in [0.3, 0.4) is 0 Å². The molecule has 0 radical (unpaired) electrons. The van der Waals surface area contributed by atoms with Gasteiger partial charge in [-0.2, -0.15) is 0 Å². The van der Waals surface area contributed by atoms with Crippen molar-refractivity contribution in [1.29, 1.82) is 0 Å². The first kappa shape index (κ1) is 12.0. The van der Waals surface area contributed by atoms with Crippen molar-refractivity contribution in [2.24, 2.45) is 5.92 Å². The van der Waals surface area contributed by atoms with Gasteiger partial charge in [0.25, 0.3) is 0 Å². The molecule has 1 aliphatic rings. The van der Waals surface area contributed by atoms with Crippen LogP contribution in [0, 0.1) is 5.92 Å². The average molecular weight is 197 g/mol. The standard InChI is InChI=1S/C13H27N/c1-3-4-5-6-7-11-14-12(2)13-9-8-10-13/h12-14H,3-11H2,1-2H3. The van der Waals surface area contributed by atoms with E-state index in [1.54, 1.807) is 0 Å². The summed E-state index contributed by atoms with van der Waals surface area (Å²) in [6.45, 7) is 5.87. The van der Waals surface area contributed by atoms with Gasteiger partial charge < -0.3 is 5.32 Å². The lowest BCUT2D eigenvalue weighted by Crippen LogP contribution is -2.37. The molecular formula is C13H27N. The van der Waals surface area contributed by atoms with Gasteiger partial charge in [-0.1, -0.05) is 39.0 Å². The normalized spacial score (nSPS) is 19.3. The zero-order chi connectivity index (χ0) is 10.2. The molecule has 1 heteroatoms. The van der Waals surface area contributed by atoms with Gasteiger partial charge in [-0.3, -0.25) is 0 Å². The summed E-state index contributed by atoms with van der Waals surface area (Å²) < 4.78 is 0. The first-order valence-electron chi connectivity index (χ1n) is 6.58. The first-order valence-corrected chi connectivity index (χ1v) is 6.58. The summed E-state index contributed by atoms with van der Waals surface area (Å²) in [6.07, 6.45) is 11.4. The van der Waals surface area contributed by atoms with Gasteiger partial charge in [0, 0.05) is 6.04 Å². The van der Waals surface area contributed by atoms with E-state index >= 15 is 0 Å². The smallest absolute Gasteiger partial charge is 0.00669 e. The monoisotopic (exact) mass is 197 g/mol. The minimum Gasteiger partial charge on any atom is -0.314 e. The van der Waals surface area contributed by atoms with Crippen LogP contribution in [0.5, 0.6) is 0 Å². The zero-order valence-electron chi connectivity index (χ0n) is 10.0. The number of nitrogens with one attached hydrogen (secondary N) is 1. The highest BCUT2D eigenvalue weighted by Crippen LogP contribution is 2.29. The molecule has 1 unspecified atom stereocenters. The minimum atomic E-state index is 0.773. The SMILES string of the molecule is CCCCCCCNC(C)C1CCC1. The van der Waals surface area contributed by atoms with Crippen molar-refractivity contribution in [3.8, 4) is 0 Å². The third-order valence-corrected chi connectivity index (χ3v) is 3.60. The van der Waals surface area contributed by atoms with Gasteiger partial charge in [0.15, 0.2) is 0 Å². The van der Waals surface area contributed by atoms with Crippen molar-refractivity contribution >= 4 is 0 Å². The summed E-state index contributed by atoms with van der Waals surface area (Å²) in [5.41, 5.74) is 0. The Bertz CT molecular complexity index is 129. The predicted molar refractivity (Wildman–Crippen MR) is 63.6 cm³/mol. The van der Waals surface area contributed by atoms with Crippen LogP contribution in [0.2, 0.25) is 0 Å². The van der Waals surface area contributed by atoms with E-state index in [-0.39, 0.29) is 0 Å². The Morgan fingerprint density at radius 2 is 1.86 bits per heavy atom. The Morgan fingerprint density at radius 1 is 1.14 bits per heavy atom. The van der Waals surface area contributed by atoms with Crippen LogP contribution in [0.4, 0.5) is 0 Å². The number of hydrogen-bond acceptors (Lipinski definition) is 1. The zero-order valence-corrected chi connectivity index (χ0v) is 10.0. The van der Waals surface area contributed by atoms with Crippen molar-refractivity contribution in [3.05, 3.63) is 0 Å². The summed E-state index contributed by atoms with van der Waals surface area (Å²) in [4.78, 5) is 0. The molecule has 0 spiro atoms. The molecule has 1 fully saturated rings. The van der Waals surface area contributed by atoms with Gasteiger partial charge in [-0.05, 0) is 38.6 Å². The molecule has 0 amide bonds. The summed E-state index contributed by atoms with van der Waals surface area (Å²) >= 11 is 0. The van der Waals surface area contributed by atoms with Crippen LogP contribution in [-0.2, 0) is 0 Å². The molecule has 0 aliphatic heterocycles. The molecule has 1 N–H and O–H groups in total. The molecule has 0 aromatic rings. The second kappa shape index (κ2) is 7.28. The lowest BCUT2D eigenvalue weighted by atomic mass is 9.80. The molecule has 1 saturated carbocycles. The molecule has 0 aromatic carbocycles. The van der Waals surface area contributed by atoms with Crippen molar-refractivity contribution in [1.82, 2.24) is 5.32 Å². The highest BCUT2D eigenvalue weighted by molar-refractivity contribution is 4.79. The van der Waals surface area contributed by atoms with E-state index in [9.17, 15) is 0 Å². The van der Waals surface area contributed by atoms with Crippen molar-refractivity contribution in [3.63, 3.8) is 0 Å². The highest BCUT2D eigenvalue weighted by Gasteiger charge is 2.22. The lowest BCUT2D eigenvalue weighted by Gasteiger charge is -2.32. The maximum absolute atomic E-state index is 3.66. The molecule has 14 heavy (non-hydrogen) atoms. The Morgan fingerprint density at radius 3 is 2.43 bits per heavy atom. The summed E-state index contributed by atoms with van der Waals surface area (Å²) in [6, 6.07) is 0.773. The van der Waals surface area contributed by atoms with Gasteiger partial charge in [-0.25, -0.2) is 0 Å². The average Bonchev–Trinajstić information content (AvgIpc) is 2.08. The Labute approximate surface area is 89.7 Å². The van der Waals surface area contributed by atoms with Crippen molar-refractivity contribution in [2.75, 3.05) is 6.54 Å². The Balaban J connectivity index is 1.82. The topological polar surface area (TPSA) is 12.0 Å². The van der Waals surface area contributed by atoms with Gasteiger partial charge in [0.05, 0.1) is 0 Å². The van der Waals surface area contributed by atoms with Crippen LogP contribution >= 0.6 is 0 Å². The molecule has 0 saturated heterocycles. The lowest BCUT2D eigenvalue weighted by molar-refractivity contribution is 0.240. The molecule has 0 aromatic heterocycles. The van der Waals surface area contributed by atoms with E-state index in [4.69, 9.17) is 0 Å². The van der Waals surface area contributed by atoms with E-state index in [1.807, 2.05) is 0 Å². The molecule has 1 rings (SSSR count). The molecule has 0 bridgehead atoms.